The summed E-state index contributed by atoms with van der Waals surface area (Å²) in [7, 11) is 0. The van der Waals surface area contributed by atoms with Crippen LogP contribution in [0.3, 0.4) is 0 Å². The third-order valence-electron chi connectivity index (χ3n) is 2.85. The Labute approximate surface area is 95.3 Å². The Morgan fingerprint density at radius 1 is 1.27 bits per heavy atom. The Hall–Kier alpha value is -0.830. The predicted molar refractivity (Wildman–Crippen MR) is 62.2 cm³/mol. The number of hydrogen-bond acceptors (Lipinski definition) is 3. The van der Waals surface area contributed by atoms with Gasteiger partial charge in [0.2, 0.25) is 0 Å². The molecule has 0 spiro atoms. The second kappa shape index (κ2) is 5.31. The summed E-state index contributed by atoms with van der Waals surface area (Å²) in [5, 5.41) is 3.61. The second-order valence-corrected chi connectivity index (χ2v) is 4.56. The number of aromatic nitrogens is 2. The van der Waals surface area contributed by atoms with Crippen molar-refractivity contribution in [3.05, 3.63) is 18.6 Å². The van der Waals surface area contributed by atoms with Crippen LogP contribution in [0.15, 0.2) is 18.6 Å². The van der Waals surface area contributed by atoms with Gasteiger partial charge in [-0.1, -0.05) is 19.3 Å². The fourth-order valence-corrected chi connectivity index (χ4v) is 2.33. The van der Waals surface area contributed by atoms with Crippen LogP contribution >= 0.6 is 11.6 Å². The van der Waals surface area contributed by atoms with Crippen LogP contribution < -0.4 is 5.32 Å². The molecule has 1 heterocycles. The summed E-state index contributed by atoms with van der Waals surface area (Å²) in [6.45, 7) is 0. The second-order valence-electron chi connectivity index (χ2n) is 4.00. The first kappa shape index (κ1) is 10.7. The molecule has 4 heteroatoms. The van der Waals surface area contributed by atoms with Gasteiger partial charge < -0.3 is 5.32 Å². The third-order valence-corrected chi connectivity index (χ3v) is 3.37. The average Bonchev–Trinajstić information content (AvgIpc) is 2.46. The van der Waals surface area contributed by atoms with E-state index in [9.17, 15) is 0 Å². The summed E-state index contributed by atoms with van der Waals surface area (Å²) < 4.78 is 0. The van der Waals surface area contributed by atoms with Crippen molar-refractivity contribution in [1.82, 2.24) is 9.97 Å². The van der Waals surface area contributed by atoms with Gasteiger partial charge in [-0.05, 0) is 18.9 Å². The summed E-state index contributed by atoms with van der Waals surface area (Å²) in [5.74, 6) is 0.877. The van der Waals surface area contributed by atoms with Crippen molar-refractivity contribution in [2.45, 2.75) is 43.5 Å². The van der Waals surface area contributed by atoms with Gasteiger partial charge in [-0.15, -0.1) is 11.6 Å². The van der Waals surface area contributed by atoms with E-state index in [0.29, 0.717) is 6.04 Å². The normalized spacial score (nSPS) is 27.0. The molecule has 82 valence electrons. The molecule has 0 bridgehead atoms. The number of rotatable bonds is 2. The van der Waals surface area contributed by atoms with Crippen molar-refractivity contribution in [1.29, 1.82) is 0 Å². The van der Waals surface area contributed by atoms with E-state index in [-0.39, 0.29) is 5.38 Å². The van der Waals surface area contributed by atoms with Gasteiger partial charge in [-0.2, -0.15) is 0 Å². The minimum Gasteiger partial charge on any atom is -0.366 e. The number of alkyl halides is 1. The van der Waals surface area contributed by atoms with Crippen LogP contribution in [0.25, 0.3) is 0 Å². The van der Waals surface area contributed by atoms with E-state index in [1.54, 1.807) is 12.5 Å². The lowest BCUT2D eigenvalue weighted by Gasteiger charge is -2.21. The summed E-state index contributed by atoms with van der Waals surface area (Å²) in [5.41, 5.74) is 0. The molecule has 15 heavy (non-hydrogen) atoms. The highest BCUT2D eigenvalue weighted by Gasteiger charge is 2.21. The van der Waals surface area contributed by atoms with Gasteiger partial charge in [0.15, 0.2) is 0 Å². The van der Waals surface area contributed by atoms with Crippen LogP contribution in [0.5, 0.6) is 0 Å². The van der Waals surface area contributed by atoms with Crippen molar-refractivity contribution in [2.24, 2.45) is 0 Å². The molecule has 1 aromatic rings. The van der Waals surface area contributed by atoms with Crippen molar-refractivity contribution < 1.29 is 0 Å². The highest BCUT2D eigenvalue weighted by atomic mass is 35.5. The van der Waals surface area contributed by atoms with Gasteiger partial charge in [-0.3, -0.25) is 0 Å². The average molecular weight is 226 g/mol. The molecule has 0 aliphatic heterocycles. The molecule has 0 aromatic carbocycles. The van der Waals surface area contributed by atoms with Crippen LogP contribution in [-0.2, 0) is 0 Å². The van der Waals surface area contributed by atoms with Gasteiger partial charge in [0, 0.05) is 12.2 Å². The summed E-state index contributed by atoms with van der Waals surface area (Å²) in [6, 6.07) is 2.23. The highest BCUT2D eigenvalue weighted by molar-refractivity contribution is 6.21. The molecule has 3 nitrogen and oxygen atoms in total. The molecule has 1 aromatic heterocycles. The maximum Gasteiger partial charge on any atom is 0.129 e. The summed E-state index contributed by atoms with van der Waals surface area (Å²) >= 11 is 6.33. The number of anilines is 1. The molecule has 0 radical (unpaired) electrons. The zero-order valence-electron chi connectivity index (χ0n) is 8.69. The van der Waals surface area contributed by atoms with Gasteiger partial charge >= 0.3 is 0 Å². The standard InChI is InChI=1S/C11H16ClN3/c12-9-4-2-1-3-5-10(9)15-11-6-7-13-8-14-11/h6-10H,1-5H2,(H,13,14,15). The third kappa shape index (κ3) is 3.06. The molecular weight excluding hydrogens is 210 g/mol. The van der Waals surface area contributed by atoms with Crippen molar-refractivity contribution in [3.8, 4) is 0 Å². The first-order valence-corrected chi connectivity index (χ1v) is 5.96. The van der Waals surface area contributed by atoms with Crippen LogP contribution in [0.2, 0.25) is 0 Å². The quantitative estimate of drug-likeness (QED) is 0.621. The predicted octanol–water partition coefficient (Wildman–Crippen LogP) is 2.83. The molecule has 2 atom stereocenters. The Balaban J connectivity index is 1.97. The first-order valence-electron chi connectivity index (χ1n) is 5.53. The zero-order chi connectivity index (χ0) is 10.5. The van der Waals surface area contributed by atoms with E-state index >= 15 is 0 Å². The molecule has 1 aliphatic rings. The zero-order valence-corrected chi connectivity index (χ0v) is 9.45. The van der Waals surface area contributed by atoms with E-state index in [2.05, 4.69) is 15.3 Å². The van der Waals surface area contributed by atoms with E-state index in [1.807, 2.05) is 6.07 Å². The monoisotopic (exact) mass is 225 g/mol. The van der Waals surface area contributed by atoms with E-state index in [0.717, 1.165) is 18.7 Å². The lowest BCUT2D eigenvalue weighted by Crippen LogP contribution is -2.29. The Kier molecular flexibility index (Phi) is 3.78. The molecule has 1 saturated carbocycles. The Bertz CT molecular complexity index is 291. The van der Waals surface area contributed by atoms with E-state index in [4.69, 9.17) is 11.6 Å². The fraction of sp³-hybridized carbons (Fsp3) is 0.636. The molecule has 2 rings (SSSR count). The smallest absolute Gasteiger partial charge is 0.129 e. The Morgan fingerprint density at radius 3 is 2.93 bits per heavy atom. The summed E-state index contributed by atoms with van der Waals surface area (Å²) in [6.07, 6.45) is 9.34. The minimum absolute atomic E-state index is 0.225. The molecule has 1 N–H and O–H groups in total. The van der Waals surface area contributed by atoms with E-state index in [1.165, 1.54) is 19.3 Å². The van der Waals surface area contributed by atoms with Gasteiger partial charge in [0.25, 0.3) is 0 Å². The van der Waals surface area contributed by atoms with Gasteiger partial charge in [0.05, 0.1) is 5.38 Å². The minimum atomic E-state index is 0.225. The number of halogens is 1. The number of hydrogen-bond donors (Lipinski definition) is 1. The topological polar surface area (TPSA) is 37.8 Å². The van der Waals surface area contributed by atoms with Crippen molar-refractivity contribution in [3.63, 3.8) is 0 Å². The lowest BCUT2D eigenvalue weighted by atomic mass is 10.1. The molecule has 1 fully saturated rings. The maximum atomic E-state index is 6.33. The molecular formula is C11H16ClN3. The van der Waals surface area contributed by atoms with Crippen molar-refractivity contribution >= 4 is 17.4 Å². The van der Waals surface area contributed by atoms with Crippen molar-refractivity contribution in [2.75, 3.05) is 5.32 Å². The van der Waals surface area contributed by atoms with Gasteiger partial charge in [0.1, 0.15) is 12.1 Å². The Morgan fingerprint density at radius 2 is 2.13 bits per heavy atom. The van der Waals surface area contributed by atoms with E-state index < -0.39 is 0 Å². The van der Waals surface area contributed by atoms with Crippen LogP contribution in [0.1, 0.15) is 32.1 Å². The molecule has 0 saturated heterocycles. The first-order chi connectivity index (χ1) is 7.36. The lowest BCUT2D eigenvalue weighted by molar-refractivity contribution is 0.624. The molecule has 0 amide bonds. The van der Waals surface area contributed by atoms with Crippen LogP contribution in [0, 0.1) is 0 Å². The number of nitrogens with one attached hydrogen (secondary N) is 1. The SMILES string of the molecule is ClC1CCCCCC1Nc1ccncn1. The fourth-order valence-electron chi connectivity index (χ4n) is 1.99. The van der Waals surface area contributed by atoms with Gasteiger partial charge in [-0.25, -0.2) is 9.97 Å². The van der Waals surface area contributed by atoms with Crippen LogP contribution in [-0.4, -0.2) is 21.4 Å². The van der Waals surface area contributed by atoms with Crippen LogP contribution in [0.4, 0.5) is 5.82 Å². The number of nitrogens with zero attached hydrogens (tertiary/aromatic N) is 2. The summed E-state index contributed by atoms with van der Waals surface area (Å²) in [4.78, 5) is 8.05. The molecule has 1 aliphatic carbocycles. The highest BCUT2D eigenvalue weighted by Crippen LogP contribution is 2.24. The maximum absolute atomic E-state index is 6.33. The largest absolute Gasteiger partial charge is 0.366 e. The molecule has 2 unspecified atom stereocenters.